The van der Waals surface area contributed by atoms with E-state index in [1.165, 1.54) is 23.9 Å². The van der Waals surface area contributed by atoms with Gasteiger partial charge in [-0.1, -0.05) is 6.92 Å². The van der Waals surface area contributed by atoms with Crippen LogP contribution in [0.15, 0.2) is 23.1 Å². The molecule has 0 fully saturated rings. The van der Waals surface area contributed by atoms with E-state index in [-0.39, 0.29) is 12.5 Å². The maximum absolute atomic E-state index is 12.7. The minimum atomic E-state index is -0.829. The molecule has 0 aliphatic heterocycles. The number of rotatable bonds is 4. The molecule has 78 valence electrons. The van der Waals surface area contributed by atoms with Crippen LogP contribution < -0.4 is 0 Å². The Morgan fingerprint density at radius 2 is 2.07 bits per heavy atom. The lowest BCUT2D eigenvalue weighted by molar-refractivity contribution is 0.250. The normalized spacial score (nSPS) is 12.9. The molecule has 1 aromatic carbocycles. The minimum absolute atomic E-state index is 0.108. The lowest BCUT2D eigenvalue weighted by atomic mass is 10.2. The summed E-state index contributed by atoms with van der Waals surface area (Å²) < 4.78 is 25.3. The standard InChI is InChI=1S/C10H12F2OS/c1-7(5-13)6-14-8-2-3-9(11)10(12)4-8/h2-4,7,13H,5-6H2,1H3. The first-order valence-corrected chi connectivity index (χ1v) is 5.30. The number of aliphatic hydroxyl groups excluding tert-OH is 1. The molecule has 0 aromatic heterocycles. The molecule has 0 bridgehead atoms. The Hall–Kier alpha value is -0.610. The summed E-state index contributed by atoms with van der Waals surface area (Å²) in [6.45, 7) is 2.00. The van der Waals surface area contributed by atoms with Crippen molar-refractivity contribution in [2.45, 2.75) is 11.8 Å². The Balaban J connectivity index is 2.55. The molecule has 0 saturated heterocycles. The van der Waals surface area contributed by atoms with Gasteiger partial charge in [-0.3, -0.25) is 0 Å². The number of aliphatic hydroxyl groups is 1. The first-order chi connectivity index (χ1) is 6.63. The monoisotopic (exact) mass is 218 g/mol. The molecule has 14 heavy (non-hydrogen) atoms. The fraction of sp³-hybridized carbons (Fsp3) is 0.400. The van der Waals surface area contributed by atoms with Crippen LogP contribution in [-0.2, 0) is 0 Å². The van der Waals surface area contributed by atoms with Crippen LogP contribution in [0.3, 0.4) is 0 Å². The maximum atomic E-state index is 12.7. The smallest absolute Gasteiger partial charge is 0.159 e. The molecule has 0 heterocycles. The van der Waals surface area contributed by atoms with Crippen LogP contribution in [0.4, 0.5) is 8.78 Å². The van der Waals surface area contributed by atoms with E-state index in [0.717, 1.165) is 6.07 Å². The summed E-state index contributed by atoms with van der Waals surface area (Å²) in [7, 11) is 0. The van der Waals surface area contributed by atoms with Gasteiger partial charge < -0.3 is 5.11 Å². The lowest BCUT2D eigenvalue weighted by Crippen LogP contribution is -2.03. The van der Waals surface area contributed by atoms with Crippen LogP contribution in [0, 0.1) is 17.6 Å². The summed E-state index contributed by atoms with van der Waals surface area (Å²) in [4.78, 5) is 0.684. The third-order valence-electron chi connectivity index (χ3n) is 1.74. The van der Waals surface area contributed by atoms with E-state index in [9.17, 15) is 8.78 Å². The highest BCUT2D eigenvalue weighted by Crippen LogP contribution is 2.22. The number of thioether (sulfide) groups is 1. The van der Waals surface area contributed by atoms with Crippen molar-refractivity contribution in [3.8, 4) is 0 Å². The van der Waals surface area contributed by atoms with Crippen molar-refractivity contribution in [1.82, 2.24) is 0 Å². The Bertz CT molecular complexity index is 304. The predicted molar refractivity (Wildman–Crippen MR) is 53.3 cm³/mol. The summed E-state index contributed by atoms with van der Waals surface area (Å²) >= 11 is 1.41. The van der Waals surface area contributed by atoms with Gasteiger partial charge in [-0.05, 0) is 24.1 Å². The molecule has 4 heteroatoms. The first kappa shape index (κ1) is 11.5. The zero-order valence-corrected chi connectivity index (χ0v) is 8.65. The van der Waals surface area contributed by atoms with Crippen LogP contribution in [0.1, 0.15) is 6.92 Å². The minimum Gasteiger partial charge on any atom is -0.396 e. The molecule has 1 atom stereocenters. The van der Waals surface area contributed by atoms with Crippen LogP contribution in [0.2, 0.25) is 0 Å². The molecular formula is C10H12F2OS. The average molecular weight is 218 g/mol. The van der Waals surface area contributed by atoms with Crippen molar-refractivity contribution in [3.63, 3.8) is 0 Å². The van der Waals surface area contributed by atoms with Gasteiger partial charge in [0, 0.05) is 17.3 Å². The third kappa shape index (κ3) is 3.27. The van der Waals surface area contributed by atoms with Crippen molar-refractivity contribution in [2.75, 3.05) is 12.4 Å². The number of hydrogen-bond acceptors (Lipinski definition) is 2. The van der Waals surface area contributed by atoms with Gasteiger partial charge in [0.1, 0.15) is 0 Å². The van der Waals surface area contributed by atoms with E-state index in [2.05, 4.69) is 0 Å². The van der Waals surface area contributed by atoms with Crippen LogP contribution in [-0.4, -0.2) is 17.5 Å². The van der Waals surface area contributed by atoms with E-state index in [1.54, 1.807) is 0 Å². The van der Waals surface area contributed by atoms with Crippen LogP contribution >= 0.6 is 11.8 Å². The third-order valence-corrected chi connectivity index (χ3v) is 3.06. The second kappa shape index (κ2) is 5.32. The van der Waals surface area contributed by atoms with Gasteiger partial charge in [0.15, 0.2) is 11.6 Å². The van der Waals surface area contributed by atoms with Crippen molar-refractivity contribution in [1.29, 1.82) is 0 Å². The molecule has 0 saturated carbocycles. The maximum Gasteiger partial charge on any atom is 0.159 e. The Kier molecular flexibility index (Phi) is 4.35. The zero-order chi connectivity index (χ0) is 10.6. The van der Waals surface area contributed by atoms with E-state index in [1.807, 2.05) is 6.92 Å². The molecule has 1 rings (SSSR count). The Morgan fingerprint density at radius 3 is 2.64 bits per heavy atom. The van der Waals surface area contributed by atoms with Gasteiger partial charge >= 0.3 is 0 Å². The predicted octanol–water partition coefficient (Wildman–Crippen LogP) is 2.69. The highest BCUT2D eigenvalue weighted by Gasteiger charge is 2.05. The number of benzene rings is 1. The summed E-state index contributed by atoms with van der Waals surface area (Å²) in [6, 6.07) is 3.82. The summed E-state index contributed by atoms with van der Waals surface area (Å²) in [6.07, 6.45) is 0. The SMILES string of the molecule is CC(CO)CSc1ccc(F)c(F)c1. The van der Waals surface area contributed by atoms with Gasteiger partial charge in [-0.15, -0.1) is 11.8 Å². The highest BCUT2D eigenvalue weighted by atomic mass is 32.2. The number of hydrogen-bond donors (Lipinski definition) is 1. The molecule has 1 N–H and O–H groups in total. The lowest BCUT2D eigenvalue weighted by Gasteiger charge is -2.06. The van der Waals surface area contributed by atoms with Crippen LogP contribution in [0.25, 0.3) is 0 Å². The molecule has 0 spiro atoms. The topological polar surface area (TPSA) is 20.2 Å². The van der Waals surface area contributed by atoms with Gasteiger partial charge in [-0.25, -0.2) is 8.78 Å². The van der Waals surface area contributed by atoms with Crippen molar-refractivity contribution >= 4 is 11.8 Å². The van der Waals surface area contributed by atoms with Gasteiger partial charge in [0.25, 0.3) is 0 Å². The summed E-state index contributed by atoms with van der Waals surface area (Å²) in [5.41, 5.74) is 0. The first-order valence-electron chi connectivity index (χ1n) is 4.32. The second-order valence-electron chi connectivity index (χ2n) is 3.17. The Labute approximate surface area is 86.1 Å². The fourth-order valence-corrected chi connectivity index (χ4v) is 1.79. The van der Waals surface area contributed by atoms with E-state index in [0.29, 0.717) is 10.6 Å². The van der Waals surface area contributed by atoms with Crippen LogP contribution in [0.5, 0.6) is 0 Å². The Morgan fingerprint density at radius 1 is 1.36 bits per heavy atom. The van der Waals surface area contributed by atoms with Gasteiger partial charge in [-0.2, -0.15) is 0 Å². The van der Waals surface area contributed by atoms with E-state index >= 15 is 0 Å². The molecule has 0 radical (unpaired) electrons. The average Bonchev–Trinajstić information content (AvgIpc) is 2.19. The highest BCUT2D eigenvalue weighted by molar-refractivity contribution is 7.99. The van der Waals surface area contributed by atoms with Crippen molar-refractivity contribution in [2.24, 2.45) is 5.92 Å². The van der Waals surface area contributed by atoms with Crippen molar-refractivity contribution in [3.05, 3.63) is 29.8 Å². The van der Waals surface area contributed by atoms with E-state index < -0.39 is 11.6 Å². The van der Waals surface area contributed by atoms with Gasteiger partial charge in [0.05, 0.1) is 0 Å². The van der Waals surface area contributed by atoms with Crippen molar-refractivity contribution < 1.29 is 13.9 Å². The molecular weight excluding hydrogens is 206 g/mol. The summed E-state index contributed by atoms with van der Waals surface area (Å²) in [5, 5.41) is 8.76. The largest absolute Gasteiger partial charge is 0.396 e. The molecule has 0 aliphatic carbocycles. The fourth-order valence-electron chi connectivity index (χ4n) is 0.858. The van der Waals surface area contributed by atoms with E-state index in [4.69, 9.17) is 5.11 Å². The molecule has 0 amide bonds. The molecule has 1 unspecified atom stereocenters. The molecule has 1 nitrogen and oxygen atoms in total. The number of halogens is 2. The quantitative estimate of drug-likeness (QED) is 0.784. The molecule has 1 aromatic rings. The van der Waals surface area contributed by atoms with Gasteiger partial charge in [0.2, 0.25) is 0 Å². The zero-order valence-electron chi connectivity index (χ0n) is 7.84. The second-order valence-corrected chi connectivity index (χ2v) is 4.27. The summed E-state index contributed by atoms with van der Waals surface area (Å²) in [5.74, 6) is -0.800. The molecule has 0 aliphatic rings.